The van der Waals surface area contributed by atoms with Gasteiger partial charge in [0.2, 0.25) is 16.6 Å². The molecule has 0 radical (unpaired) electrons. The zero-order valence-corrected chi connectivity index (χ0v) is 19.6. The highest BCUT2D eigenvalue weighted by Gasteiger charge is 2.66. The molecule has 1 fully saturated rings. The van der Waals surface area contributed by atoms with E-state index in [-0.39, 0.29) is 30.0 Å². The second-order valence-corrected chi connectivity index (χ2v) is 11.2. The number of ether oxygens (including phenoxy) is 3. The molecular weight excluding hydrogens is 432 g/mol. The monoisotopic (exact) mass is 462 g/mol. The first-order valence-corrected chi connectivity index (χ1v) is 12.1. The second-order valence-electron chi connectivity index (χ2n) is 9.06. The smallest absolute Gasteiger partial charge is 0.231 e. The minimum atomic E-state index is -4.11. The number of nitrogens with two attached hydrogens (primary N) is 1. The Labute approximate surface area is 188 Å². The zero-order chi connectivity index (χ0) is 23.3. The van der Waals surface area contributed by atoms with Gasteiger partial charge in [0.15, 0.2) is 16.4 Å². The van der Waals surface area contributed by atoms with Crippen LogP contribution in [-0.2, 0) is 19.4 Å². The highest BCUT2D eigenvalue weighted by Crippen LogP contribution is 2.54. The lowest BCUT2D eigenvalue weighted by Crippen LogP contribution is -2.59. The maximum atomic E-state index is 14.6. The van der Waals surface area contributed by atoms with Gasteiger partial charge in [-0.25, -0.2) is 13.3 Å². The molecule has 32 heavy (non-hydrogen) atoms. The molecule has 0 saturated carbocycles. The maximum absolute atomic E-state index is 14.6. The second kappa shape index (κ2) is 7.91. The Morgan fingerprint density at radius 2 is 1.78 bits per heavy atom. The van der Waals surface area contributed by atoms with Crippen molar-refractivity contribution in [3.63, 3.8) is 0 Å². The molecule has 0 aromatic heterocycles. The number of fused-ring (bicyclic) bond motifs is 1. The molecule has 0 aliphatic carbocycles. The van der Waals surface area contributed by atoms with Gasteiger partial charge in [-0.3, -0.25) is 0 Å². The van der Waals surface area contributed by atoms with Gasteiger partial charge in [0, 0.05) is 6.07 Å². The molecule has 3 N–H and O–H groups in total. The van der Waals surface area contributed by atoms with Gasteiger partial charge < -0.3 is 25.1 Å². The number of phenolic OH excluding ortho intramolecular Hbond substituents is 1. The highest BCUT2D eigenvalue weighted by molar-refractivity contribution is 7.92. The summed E-state index contributed by atoms with van der Waals surface area (Å²) in [6.07, 6.45) is -0.217. The number of nitrogens with zero attached hydrogens (tertiary/aromatic N) is 1. The van der Waals surface area contributed by atoms with Crippen molar-refractivity contribution in [2.24, 2.45) is 11.7 Å². The van der Waals surface area contributed by atoms with Crippen molar-refractivity contribution in [3.8, 4) is 17.2 Å². The summed E-state index contributed by atoms with van der Waals surface area (Å²) in [6, 6.07) is 10.8. The van der Waals surface area contributed by atoms with Crippen LogP contribution in [0.4, 0.5) is 0 Å². The van der Waals surface area contributed by atoms with Gasteiger partial charge >= 0.3 is 0 Å². The van der Waals surface area contributed by atoms with E-state index in [2.05, 4.69) is 0 Å². The van der Waals surface area contributed by atoms with Crippen LogP contribution >= 0.6 is 0 Å². The largest absolute Gasteiger partial charge is 0.508 e. The Balaban J connectivity index is 2.02. The first kappa shape index (κ1) is 22.8. The van der Waals surface area contributed by atoms with Gasteiger partial charge in [-0.05, 0) is 56.0 Å². The van der Waals surface area contributed by atoms with Crippen molar-refractivity contribution in [3.05, 3.63) is 48.0 Å². The van der Waals surface area contributed by atoms with E-state index in [9.17, 15) is 13.5 Å². The zero-order valence-electron chi connectivity index (χ0n) is 18.7. The molecular formula is C23H30N2O6S. The van der Waals surface area contributed by atoms with E-state index in [4.69, 9.17) is 19.9 Å². The SMILES string of the molecule is CC(C)C[C@H]1OC(C)(C)N(CN)[C@@]1(c1ccc(O)cc1)S(=O)(=O)c1ccc2c(c1)OCO2. The topological polar surface area (TPSA) is 111 Å². The van der Waals surface area contributed by atoms with Crippen LogP contribution in [0.1, 0.15) is 39.7 Å². The molecule has 8 nitrogen and oxygen atoms in total. The Morgan fingerprint density at radius 3 is 2.41 bits per heavy atom. The van der Waals surface area contributed by atoms with Crippen molar-refractivity contribution in [1.29, 1.82) is 0 Å². The number of benzene rings is 2. The maximum Gasteiger partial charge on any atom is 0.231 e. The summed E-state index contributed by atoms with van der Waals surface area (Å²) in [6.45, 7) is 7.69. The summed E-state index contributed by atoms with van der Waals surface area (Å²) in [7, 11) is -4.11. The van der Waals surface area contributed by atoms with E-state index in [1.165, 1.54) is 24.3 Å². The third-order valence-corrected chi connectivity index (χ3v) is 8.54. The minimum Gasteiger partial charge on any atom is -0.508 e. The molecule has 2 aromatic carbocycles. The molecule has 0 amide bonds. The van der Waals surface area contributed by atoms with Crippen LogP contribution in [-0.4, -0.2) is 43.7 Å². The van der Waals surface area contributed by atoms with Crippen molar-refractivity contribution in [2.45, 2.75) is 55.7 Å². The minimum absolute atomic E-state index is 0.0438. The van der Waals surface area contributed by atoms with Crippen molar-refractivity contribution in [1.82, 2.24) is 4.90 Å². The number of hydrogen-bond acceptors (Lipinski definition) is 8. The standard InChI is InChI=1S/C23H30N2O6S/c1-15(2)11-21-23(16-5-7-17(26)8-6-16,25(13-24)22(3,4)31-21)32(27,28)18-9-10-19-20(12-18)30-14-29-19/h5-10,12,15,21,26H,11,13-14,24H2,1-4H3/t21-,23+/m1/s1. The van der Waals surface area contributed by atoms with Crippen LogP contribution in [0.25, 0.3) is 0 Å². The van der Waals surface area contributed by atoms with E-state index in [0.29, 0.717) is 23.5 Å². The average molecular weight is 463 g/mol. The van der Waals surface area contributed by atoms with Gasteiger partial charge in [-0.2, -0.15) is 0 Å². The highest BCUT2D eigenvalue weighted by atomic mass is 32.2. The Hall–Kier alpha value is -2.33. The third kappa shape index (κ3) is 3.35. The van der Waals surface area contributed by atoms with E-state index in [0.717, 1.165) is 0 Å². The molecule has 4 rings (SSSR count). The Bertz CT molecular complexity index is 1100. The molecule has 2 heterocycles. The van der Waals surface area contributed by atoms with Crippen LogP contribution in [0.15, 0.2) is 47.4 Å². The van der Waals surface area contributed by atoms with Crippen molar-refractivity contribution < 1.29 is 27.7 Å². The Kier molecular flexibility index (Phi) is 5.65. The molecule has 1 saturated heterocycles. The van der Waals surface area contributed by atoms with Gasteiger partial charge in [0.25, 0.3) is 0 Å². The number of rotatable bonds is 6. The first-order valence-electron chi connectivity index (χ1n) is 10.6. The van der Waals surface area contributed by atoms with E-state index >= 15 is 0 Å². The van der Waals surface area contributed by atoms with Gasteiger partial charge in [0.05, 0.1) is 17.7 Å². The summed E-state index contributed by atoms with van der Waals surface area (Å²) in [5, 5.41) is 9.90. The van der Waals surface area contributed by atoms with Crippen molar-refractivity contribution in [2.75, 3.05) is 13.5 Å². The lowest BCUT2D eigenvalue weighted by atomic mass is 9.93. The number of phenols is 1. The van der Waals surface area contributed by atoms with E-state index in [1.807, 2.05) is 27.7 Å². The van der Waals surface area contributed by atoms with Gasteiger partial charge in [-0.15, -0.1) is 0 Å². The molecule has 0 spiro atoms. The van der Waals surface area contributed by atoms with Crippen LogP contribution in [0.5, 0.6) is 17.2 Å². The third-order valence-electron chi connectivity index (χ3n) is 6.13. The number of aromatic hydroxyl groups is 1. The fraction of sp³-hybridized carbons (Fsp3) is 0.478. The van der Waals surface area contributed by atoms with Crippen LogP contribution in [0, 0.1) is 5.92 Å². The normalized spacial score (nSPS) is 24.9. The number of sulfone groups is 1. The summed E-state index contributed by atoms with van der Waals surface area (Å²) in [4.78, 5) is 0.166. The lowest BCUT2D eigenvalue weighted by Gasteiger charge is -2.42. The summed E-state index contributed by atoms with van der Waals surface area (Å²) in [5.74, 6) is 1.09. The molecule has 0 bridgehead atoms. The summed E-state index contributed by atoms with van der Waals surface area (Å²) < 4.78 is 46.3. The quantitative estimate of drug-likeness (QED) is 0.674. The molecule has 2 atom stereocenters. The molecule has 9 heteroatoms. The predicted molar refractivity (Wildman–Crippen MR) is 119 cm³/mol. The van der Waals surface area contributed by atoms with E-state index in [1.54, 1.807) is 23.1 Å². The summed E-state index contributed by atoms with van der Waals surface area (Å²) in [5.41, 5.74) is 5.73. The molecule has 2 aromatic rings. The van der Waals surface area contributed by atoms with E-state index < -0.39 is 26.5 Å². The van der Waals surface area contributed by atoms with Gasteiger partial charge in [-0.1, -0.05) is 26.0 Å². The summed E-state index contributed by atoms with van der Waals surface area (Å²) >= 11 is 0. The molecule has 174 valence electrons. The van der Waals surface area contributed by atoms with Crippen LogP contribution < -0.4 is 15.2 Å². The van der Waals surface area contributed by atoms with Crippen LogP contribution in [0.3, 0.4) is 0 Å². The lowest BCUT2D eigenvalue weighted by molar-refractivity contribution is -0.0787. The predicted octanol–water partition coefficient (Wildman–Crippen LogP) is 3.15. The molecule has 2 aliphatic heterocycles. The fourth-order valence-corrected chi connectivity index (χ4v) is 7.19. The Morgan fingerprint density at radius 1 is 1.12 bits per heavy atom. The molecule has 0 unspecified atom stereocenters. The number of hydrogen-bond donors (Lipinski definition) is 2. The van der Waals surface area contributed by atoms with Gasteiger partial charge in [0.1, 0.15) is 11.5 Å². The van der Waals surface area contributed by atoms with Crippen LogP contribution in [0.2, 0.25) is 0 Å². The van der Waals surface area contributed by atoms with Crippen molar-refractivity contribution >= 4 is 9.84 Å². The first-order chi connectivity index (χ1) is 15.0. The average Bonchev–Trinajstić information content (AvgIpc) is 3.27. The fourth-order valence-electron chi connectivity index (χ4n) is 4.80. The molecule has 2 aliphatic rings.